The van der Waals surface area contributed by atoms with Gasteiger partial charge in [-0.25, -0.2) is 13.2 Å². The minimum Gasteiger partial charge on any atom is -0.299 e. The fourth-order valence-electron chi connectivity index (χ4n) is 1.94. The van der Waals surface area contributed by atoms with Crippen molar-refractivity contribution in [1.82, 2.24) is 4.90 Å². The van der Waals surface area contributed by atoms with Gasteiger partial charge in [0.15, 0.2) is 0 Å². The summed E-state index contributed by atoms with van der Waals surface area (Å²) in [5.74, 6) is -2.83. The molecule has 1 fully saturated rings. The molecule has 0 spiro atoms. The highest BCUT2D eigenvalue weighted by Gasteiger charge is 2.33. The molecule has 94 valence electrons. The van der Waals surface area contributed by atoms with Crippen LogP contribution in [-0.2, 0) is 6.54 Å². The quantitative estimate of drug-likeness (QED) is 0.803. The molecule has 1 saturated heterocycles. The van der Waals surface area contributed by atoms with Crippen LogP contribution < -0.4 is 0 Å². The lowest BCUT2D eigenvalue weighted by Gasteiger charge is -2.31. The van der Waals surface area contributed by atoms with Crippen LogP contribution in [0.3, 0.4) is 0 Å². The first-order chi connectivity index (χ1) is 7.96. The van der Waals surface area contributed by atoms with E-state index in [9.17, 15) is 13.2 Å². The van der Waals surface area contributed by atoms with E-state index in [0.29, 0.717) is 19.6 Å². The maximum Gasteiger partial charge on any atom is 0.250 e. The smallest absolute Gasteiger partial charge is 0.250 e. The van der Waals surface area contributed by atoms with Crippen LogP contribution in [0.1, 0.15) is 18.4 Å². The topological polar surface area (TPSA) is 3.24 Å². The first-order valence-electron chi connectivity index (χ1n) is 5.50. The molecule has 0 unspecified atom stereocenters. The Morgan fingerprint density at radius 1 is 1.24 bits per heavy atom. The van der Waals surface area contributed by atoms with Crippen LogP contribution in [0.5, 0.6) is 0 Å². The van der Waals surface area contributed by atoms with Crippen molar-refractivity contribution in [2.24, 2.45) is 0 Å². The maximum absolute atomic E-state index is 13.1. The van der Waals surface area contributed by atoms with Crippen molar-refractivity contribution in [2.75, 3.05) is 13.1 Å². The highest BCUT2D eigenvalue weighted by molar-refractivity contribution is 9.10. The normalized spacial score (nSPS) is 20.5. The molecule has 1 aromatic carbocycles. The molecule has 1 heterocycles. The Morgan fingerprint density at radius 3 is 2.53 bits per heavy atom. The Morgan fingerprint density at radius 2 is 1.88 bits per heavy atom. The number of rotatable bonds is 2. The van der Waals surface area contributed by atoms with Crippen molar-refractivity contribution in [2.45, 2.75) is 25.3 Å². The molecule has 0 aliphatic carbocycles. The Kier molecular flexibility index (Phi) is 3.78. The Balaban J connectivity index is 2.00. The van der Waals surface area contributed by atoms with Gasteiger partial charge < -0.3 is 0 Å². The Labute approximate surface area is 107 Å². The molecule has 1 aromatic rings. The molecule has 0 saturated carbocycles. The number of hydrogen-bond donors (Lipinski definition) is 0. The largest absolute Gasteiger partial charge is 0.299 e. The average molecular weight is 308 g/mol. The summed E-state index contributed by atoms with van der Waals surface area (Å²) in [5.41, 5.74) is 0.801. The monoisotopic (exact) mass is 307 g/mol. The first kappa shape index (κ1) is 12.9. The van der Waals surface area contributed by atoms with E-state index in [4.69, 9.17) is 0 Å². The van der Waals surface area contributed by atoms with E-state index in [1.54, 1.807) is 6.07 Å². The fraction of sp³-hybridized carbons (Fsp3) is 0.500. The van der Waals surface area contributed by atoms with E-state index < -0.39 is 5.92 Å². The molecule has 0 radical (unpaired) electrons. The van der Waals surface area contributed by atoms with E-state index in [1.165, 1.54) is 12.1 Å². The van der Waals surface area contributed by atoms with Crippen molar-refractivity contribution >= 4 is 15.9 Å². The van der Waals surface area contributed by atoms with Crippen LogP contribution in [0, 0.1) is 5.82 Å². The fourth-order valence-corrected chi connectivity index (χ4v) is 2.32. The molecule has 1 aliphatic rings. The van der Waals surface area contributed by atoms with E-state index in [1.807, 2.05) is 4.90 Å². The van der Waals surface area contributed by atoms with E-state index in [2.05, 4.69) is 15.9 Å². The lowest BCUT2D eigenvalue weighted by atomic mass is 10.1. The van der Waals surface area contributed by atoms with Crippen molar-refractivity contribution in [3.05, 3.63) is 34.1 Å². The van der Waals surface area contributed by atoms with E-state index in [0.717, 1.165) is 10.0 Å². The number of likely N-dealkylation sites (tertiary alicyclic amines) is 1. The van der Waals surface area contributed by atoms with E-state index in [-0.39, 0.29) is 18.7 Å². The van der Waals surface area contributed by atoms with Gasteiger partial charge in [0.1, 0.15) is 5.82 Å². The third-order valence-corrected chi connectivity index (χ3v) is 3.76. The van der Waals surface area contributed by atoms with Crippen molar-refractivity contribution in [3.63, 3.8) is 0 Å². The molecule has 17 heavy (non-hydrogen) atoms. The molecule has 2 rings (SSSR count). The van der Waals surface area contributed by atoms with Crippen molar-refractivity contribution in [3.8, 4) is 0 Å². The lowest BCUT2D eigenvalue weighted by Crippen LogP contribution is -2.38. The molecule has 1 aliphatic heterocycles. The molecule has 0 amide bonds. The third-order valence-electron chi connectivity index (χ3n) is 2.99. The molecule has 5 heteroatoms. The summed E-state index contributed by atoms with van der Waals surface area (Å²) >= 11 is 3.34. The summed E-state index contributed by atoms with van der Waals surface area (Å²) in [6.07, 6.45) is -0.222. The molecule has 0 aromatic heterocycles. The second-order valence-corrected chi connectivity index (χ2v) is 5.22. The molecule has 0 bridgehead atoms. The summed E-state index contributed by atoms with van der Waals surface area (Å²) < 4.78 is 39.8. The predicted molar refractivity (Wildman–Crippen MR) is 63.6 cm³/mol. The number of halogens is 4. The molecule has 0 N–H and O–H groups in total. The predicted octanol–water partition coefficient (Wildman–Crippen LogP) is 3.82. The minimum atomic E-state index is -2.53. The van der Waals surface area contributed by atoms with Crippen LogP contribution in [0.25, 0.3) is 0 Å². The van der Waals surface area contributed by atoms with Crippen LogP contribution in [0.2, 0.25) is 0 Å². The van der Waals surface area contributed by atoms with Gasteiger partial charge in [-0.15, -0.1) is 0 Å². The summed E-state index contributed by atoms with van der Waals surface area (Å²) in [6.45, 7) is 1.22. The third kappa shape index (κ3) is 3.45. The van der Waals surface area contributed by atoms with E-state index >= 15 is 0 Å². The van der Waals surface area contributed by atoms with Gasteiger partial charge in [0, 0.05) is 36.9 Å². The number of alkyl halides is 2. The van der Waals surface area contributed by atoms with Gasteiger partial charge in [-0.3, -0.25) is 4.90 Å². The first-order valence-corrected chi connectivity index (χ1v) is 6.30. The van der Waals surface area contributed by atoms with Gasteiger partial charge in [-0.2, -0.15) is 0 Å². The number of nitrogens with zero attached hydrogens (tertiary/aromatic N) is 1. The Hall–Kier alpha value is -0.550. The van der Waals surface area contributed by atoms with Gasteiger partial charge in [0.2, 0.25) is 0 Å². The van der Waals surface area contributed by atoms with Gasteiger partial charge in [0.05, 0.1) is 0 Å². The summed E-state index contributed by atoms with van der Waals surface area (Å²) in [4.78, 5) is 1.93. The zero-order valence-electron chi connectivity index (χ0n) is 9.23. The molecule has 0 atom stereocenters. The minimum absolute atomic E-state index is 0.111. The summed E-state index contributed by atoms with van der Waals surface area (Å²) in [6, 6.07) is 4.46. The van der Waals surface area contributed by atoms with Crippen LogP contribution >= 0.6 is 15.9 Å². The summed E-state index contributed by atoms with van der Waals surface area (Å²) in [5, 5.41) is 0. The molecular weight excluding hydrogens is 295 g/mol. The number of hydrogen-bond acceptors (Lipinski definition) is 1. The van der Waals surface area contributed by atoms with Gasteiger partial charge in [-0.05, 0) is 23.8 Å². The number of benzene rings is 1. The zero-order chi connectivity index (χ0) is 12.5. The molecule has 1 nitrogen and oxygen atoms in total. The number of piperidine rings is 1. The van der Waals surface area contributed by atoms with Crippen LogP contribution in [0.15, 0.2) is 22.7 Å². The van der Waals surface area contributed by atoms with Crippen LogP contribution in [0.4, 0.5) is 13.2 Å². The van der Waals surface area contributed by atoms with Gasteiger partial charge in [-0.1, -0.05) is 15.9 Å². The van der Waals surface area contributed by atoms with Crippen molar-refractivity contribution in [1.29, 1.82) is 0 Å². The highest BCUT2D eigenvalue weighted by Crippen LogP contribution is 2.29. The lowest BCUT2D eigenvalue weighted by molar-refractivity contribution is -0.0566. The van der Waals surface area contributed by atoms with Gasteiger partial charge >= 0.3 is 0 Å². The summed E-state index contributed by atoms with van der Waals surface area (Å²) in [7, 11) is 0. The zero-order valence-corrected chi connectivity index (χ0v) is 10.8. The second-order valence-electron chi connectivity index (χ2n) is 4.37. The SMILES string of the molecule is Fc1ccc(Br)c(CN2CCC(F)(F)CC2)c1. The van der Waals surface area contributed by atoms with Crippen molar-refractivity contribution < 1.29 is 13.2 Å². The van der Waals surface area contributed by atoms with Gasteiger partial charge in [0.25, 0.3) is 5.92 Å². The second kappa shape index (κ2) is 4.98. The van der Waals surface area contributed by atoms with Crippen LogP contribution in [-0.4, -0.2) is 23.9 Å². The maximum atomic E-state index is 13.1. The highest BCUT2D eigenvalue weighted by atomic mass is 79.9. The average Bonchev–Trinajstić information content (AvgIpc) is 2.26. The standard InChI is InChI=1S/C12H13BrF3N/c13-11-2-1-10(14)7-9(11)8-17-5-3-12(15,16)4-6-17/h1-2,7H,3-6,8H2. The Bertz CT molecular complexity index is 399. The molecular formula is C12H13BrF3N.